The molecule has 0 aliphatic carbocycles. The summed E-state index contributed by atoms with van der Waals surface area (Å²) in [5.74, 6) is -9.40. The van der Waals surface area contributed by atoms with E-state index in [0.29, 0.717) is 19.3 Å². The number of hydrogen-bond donors (Lipinski definition) is 0. The average Bonchev–Trinajstić information content (AvgIpc) is 3.40. The molecule has 0 amide bonds. The summed E-state index contributed by atoms with van der Waals surface area (Å²) < 4.78 is 63.9. The quantitative estimate of drug-likeness (QED) is 0.112. The fourth-order valence-electron chi connectivity index (χ4n) is 6.09. The minimum Gasteiger partial charge on any atom is -0.463 e. The van der Waals surface area contributed by atoms with Gasteiger partial charge in [0.2, 0.25) is 12.1 Å². The summed E-state index contributed by atoms with van der Waals surface area (Å²) >= 11 is 0. The van der Waals surface area contributed by atoms with Crippen molar-refractivity contribution in [2.24, 2.45) is 17.8 Å². The molecule has 12 atom stereocenters. The van der Waals surface area contributed by atoms with Crippen LogP contribution in [0, 0.1) is 17.8 Å². The highest BCUT2D eigenvalue weighted by atomic mass is 16.8. The molecule has 2 saturated heterocycles. The molecule has 0 N–H and O–H groups in total. The van der Waals surface area contributed by atoms with Gasteiger partial charge in [0.1, 0.15) is 32.0 Å². The van der Waals surface area contributed by atoms with Crippen molar-refractivity contribution in [2.45, 2.75) is 169 Å². The van der Waals surface area contributed by atoms with Crippen molar-refractivity contribution in [2.75, 3.05) is 19.8 Å². The Bertz CT molecular complexity index is 1460. The Morgan fingerprint density at radius 3 is 1.44 bits per heavy atom. The molecular formula is C40H62O19. The second-order valence-electron chi connectivity index (χ2n) is 15.1. The van der Waals surface area contributed by atoms with E-state index in [2.05, 4.69) is 0 Å². The first-order valence-corrected chi connectivity index (χ1v) is 20.0. The van der Waals surface area contributed by atoms with Crippen LogP contribution in [0.5, 0.6) is 0 Å². The Morgan fingerprint density at radius 1 is 0.508 bits per heavy atom. The van der Waals surface area contributed by atoms with Crippen LogP contribution in [-0.4, -0.2) is 122 Å². The zero-order chi connectivity index (χ0) is 44.6. The minimum absolute atomic E-state index is 0.0235. The van der Waals surface area contributed by atoms with Crippen molar-refractivity contribution < 1.29 is 90.5 Å². The summed E-state index contributed by atoms with van der Waals surface area (Å²) in [4.78, 5) is 102. The van der Waals surface area contributed by atoms with E-state index in [0.717, 1.165) is 34.6 Å². The molecule has 2 aliphatic rings. The molecule has 2 aliphatic heterocycles. The van der Waals surface area contributed by atoms with Crippen LogP contribution in [0.1, 0.15) is 115 Å². The van der Waals surface area contributed by atoms with E-state index in [-0.39, 0.29) is 37.0 Å². The van der Waals surface area contributed by atoms with Gasteiger partial charge in [-0.3, -0.25) is 38.4 Å². The summed E-state index contributed by atoms with van der Waals surface area (Å²) in [5.41, 5.74) is 0. The number of hydrogen-bond acceptors (Lipinski definition) is 19. The van der Waals surface area contributed by atoms with Gasteiger partial charge in [-0.15, -0.1) is 0 Å². The highest BCUT2D eigenvalue weighted by Crippen LogP contribution is 2.41. The molecule has 0 aromatic heterocycles. The summed E-state index contributed by atoms with van der Waals surface area (Å²) in [5, 5.41) is 0. The lowest BCUT2D eigenvalue weighted by molar-refractivity contribution is -0.384. The zero-order valence-electron chi connectivity index (χ0n) is 36.0. The summed E-state index contributed by atoms with van der Waals surface area (Å²) in [7, 11) is 0. The Labute approximate surface area is 345 Å². The molecular weight excluding hydrogens is 784 g/mol. The fraction of sp³-hybridized carbons (Fsp3) is 0.800. The molecule has 0 radical (unpaired) electrons. The maximum Gasteiger partial charge on any atom is 0.306 e. The van der Waals surface area contributed by atoms with Crippen molar-refractivity contribution in [3.8, 4) is 0 Å². The molecule has 59 heavy (non-hydrogen) atoms. The topological polar surface area (TPSA) is 238 Å². The molecule has 0 aromatic rings. The molecule has 0 aromatic carbocycles. The van der Waals surface area contributed by atoms with E-state index in [1.165, 1.54) is 0 Å². The minimum atomic E-state index is -2.51. The van der Waals surface area contributed by atoms with Gasteiger partial charge in [-0.2, -0.15) is 0 Å². The number of rotatable bonds is 22. The SMILES string of the molecule is CCC(C)CC(=O)OC[C@H]1O[C@H](O[C@]2(COC(C)=O)O[C@H](COC(C)=O)[C@@H](OC(C)=O)[C@@H]2OC(C)=O)[C@H](OC(C)=O)[C@@H](OC(=O)CC(C)CC)[C@@H]1OC(=O)CC(C)CC. The average molecular weight is 847 g/mol. The van der Waals surface area contributed by atoms with Gasteiger partial charge in [-0.25, -0.2) is 0 Å². The fourth-order valence-corrected chi connectivity index (χ4v) is 6.09. The highest BCUT2D eigenvalue weighted by Gasteiger charge is 2.65. The third-order valence-corrected chi connectivity index (χ3v) is 9.76. The predicted octanol–water partition coefficient (Wildman–Crippen LogP) is 3.42. The van der Waals surface area contributed by atoms with E-state index in [1.54, 1.807) is 6.92 Å². The molecule has 2 fully saturated rings. The third kappa shape index (κ3) is 16.3. The van der Waals surface area contributed by atoms with Gasteiger partial charge in [0.05, 0.1) is 0 Å². The second-order valence-corrected chi connectivity index (χ2v) is 15.1. The van der Waals surface area contributed by atoms with Crippen LogP contribution >= 0.6 is 0 Å². The number of carbonyl (C=O) groups excluding carboxylic acids is 8. The lowest BCUT2D eigenvalue weighted by Crippen LogP contribution is -2.66. The highest BCUT2D eigenvalue weighted by molar-refractivity contribution is 5.72. The van der Waals surface area contributed by atoms with E-state index in [4.69, 9.17) is 52.1 Å². The van der Waals surface area contributed by atoms with Gasteiger partial charge in [0.25, 0.3) is 0 Å². The summed E-state index contributed by atoms with van der Waals surface area (Å²) in [6, 6.07) is 0. The maximum atomic E-state index is 13.6. The van der Waals surface area contributed by atoms with Gasteiger partial charge in [0.15, 0.2) is 30.5 Å². The Kier molecular flexibility index (Phi) is 20.7. The van der Waals surface area contributed by atoms with Crippen LogP contribution in [0.3, 0.4) is 0 Å². The first-order valence-electron chi connectivity index (χ1n) is 20.0. The normalized spacial score (nSPS) is 27.8. The van der Waals surface area contributed by atoms with Gasteiger partial charge in [-0.1, -0.05) is 60.8 Å². The third-order valence-electron chi connectivity index (χ3n) is 9.76. The first-order chi connectivity index (χ1) is 27.6. The smallest absolute Gasteiger partial charge is 0.306 e. The Balaban J connectivity index is 2.89. The van der Waals surface area contributed by atoms with Crippen molar-refractivity contribution >= 4 is 47.8 Å². The van der Waals surface area contributed by atoms with Crippen molar-refractivity contribution in [3.63, 3.8) is 0 Å². The first kappa shape index (κ1) is 50.8. The van der Waals surface area contributed by atoms with Crippen LogP contribution < -0.4 is 0 Å². The van der Waals surface area contributed by atoms with E-state index in [9.17, 15) is 38.4 Å². The van der Waals surface area contributed by atoms with Gasteiger partial charge < -0.3 is 52.1 Å². The van der Waals surface area contributed by atoms with Crippen LogP contribution in [0.15, 0.2) is 0 Å². The molecule has 336 valence electrons. The maximum absolute atomic E-state index is 13.6. The monoisotopic (exact) mass is 846 g/mol. The molecule has 0 saturated carbocycles. The van der Waals surface area contributed by atoms with Gasteiger partial charge in [-0.05, 0) is 17.8 Å². The van der Waals surface area contributed by atoms with Crippen LogP contribution in [0.2, 0.25) is 0 Å². The lowest BCUT2D eigenvalue weighted by Gasteiger charge is -2.46. The standard InChI is InChI=1S/C40H62O19/c1-12-21(4)15-31(46)50-18-29-34(56-32(47)16-22(5)13-2)36(57-33(48)17-23(6)14-3)37(53-27(10)44)39(55-29)59-40(20-51-25(8)42)38(54-28(11)45)35(52-26(9)43)30(58-40)19-49-24(7)41/h21-23,29-30,34-39H,12-20H2,1-11H3/t21?,22?,23?,29-,30-,34-,35-,36+,37-,38+,39-,40+/m1/s1. The van der Waals surface area contributed by atoms with Gasteiger partial charge >= 0.3 is 47.8 Å². The van der Waals surface area contributed by atoms with Gasteiger partial charge in [0, 0.05) is 53.9 Å². The van der Waals surface area contributed by atoms with Crippen molar-refractivity contribution in [1.82, 2.24) is 0 Å². The molecule has 0 spiro atoms. The second kappa shape index (κ2) is 24.0. The molecule has 0 bridgehead atoms. The van der Waals surface area contributed by atoms with E-state index < -0.39 is 122 Å². The number of carbonyl (C=O) groups is 8. The predicted molar refractivity (Wildman–Crippen MR) is 200 cm³/mol. The molecule has 2 heterocycles. The van der Waals surface area contributed by atoms with Crippen LogP contribution in [0.25, 0.3) is 0 Å². The van der Waals surface area contributed by atoms with Crippen LogP contribution in [0.4, 0.5) is 0 Å². The Hall–Kier alpha value is -4.36. The number of ether oxygens (including phenoxy) is 11. The van der Waals surface area contributed by atoms with E-state index in [1.807, 2.05) is 34.6 Å². The van der Waals surface area contributed by atoms with Crippen LogP contribution in [-0.2, 0) is 90.5 Å². The molecule has 19 nitrogen and oxygen atoms in total. The van der Waals surface area contributed by atoms with E-state index >= 15 is 0 Å². The Morgan fingerprint density at radius 2 is 0.966 bits per heavy atom. The number of esters is 8. The van der Waals surface area contributed by atoms with Crippen molar-refractivity contribution in [1.29, 1.82) is 0 Å². The molecule has 19 heteroatoms. The van der Waals surface area contributed by atoms with Crippen molar-refractivity contribution in [3.05, 3.63) is 0 Å². The molecule has 2 rings (SSSR count). The molecule has 3 unspecified atom stereocenters. The summed E-state index contributed by atoms with van der Waals surface area (Å²) in [6.45, 7) is 14.3. The largest absolute Gasteiger partial charge is 0.463 e. The zero-order valence-corrected chi connectivity index (χ0v) is 36.0. The summed E-state index contributed by atoms with van der Waals surface area (Å²) in [6.07, 6.45) is -11.6. The lowest BCUT2D eigenvalue weighted by atomic mass is 9.96.